The second kappa shape index (κ2) is 8.13. The summed E-state index contributed by atoms with van der Waals surface area (Å²) in [5, 5.41) is 13.5. The third-order valence-corrected chi connectivity index (χ3v) is 5.72. The van der Waals surface area contributed by atoms with E-state index in [-0.39, 0.29) is 11.6 Å². The fourth-order valence-corrected chi connectivity index (χ4v) is 4.15. The van der Waals surface area contributed by atoms with E-state index in [9.17, 15) is 0 Å². The number of para-hydroxylation sites is 1. The summed E-state index contributed by atoms with van der Waals surface area (Å²) in [5.74, 6) is 0.832. The molecule has 0 N–H and O–H groups in total. The maximum atomic E-state index is 6.63. The molecule has 1 fully saturated rings. The van der Waals surface area contributed by atoms with Crippen LogP contribution in [-0.2, 0) is 5.54 Å². The molecule has 1 atom stereocenters. The van der Waals surface area contributed by atoms with Crippen molar-refractivity contribution in [2.75, 3.05) is 31.1 Å². The van der Waals surface area contributed by atoms with Gasteiger partial charge in [-0.15, -0.1) is 5.10 Å². The minimum Gasteiger partial charge on any atom is -0.369 e. The first kappa shape index (κ1) is 19.9. The molecule has 152 valence electrons. The number of anilines is 1. The van der Waals surface area contributed by atoms with Crippen molar-refractivity contribution in [3.05, 3.63) is 71.0 Å². The number of piperazine rings is 1. The minimum atomic E-state index is -0.218. The molecule has 0 radical (unpaired) electrons. The van der Waals surface area contributed by atoms with Crippen LogP contribution >= 0.6 is 11.6 Å². The highest BCUT2D eigenvalue weighted by atomic mass is 35.5. The smallest absolute Gasteiger partial charge is 0.173 e. The maximum Gasteiger partial charge on any atom is 0.173 e. The lowest BCUT2D eigenvalue weighted by molar-refractivity contribution is 0.191. The molecule has 0 aliphatic carbocycles. The highest BCUT2D eigenvalue weighted by Gasteiger charge is 2.34. The van der Waals surface area contributed by atoms with Crippen molar-refractivity contribution in [2.45, 2.75) is 32.4 Å². The Bertz CT molecular complexity index is 941. The molecule has 7 heteroatoms. The van der Waals surface area contributed by atoms with Gasteiger partial charge in [-0.3, -0.25) is 4.90 Å². The molecule has 0 amide bonds. The molecule has 0 unspecified atom stereocenters. The summed E-state index contributed by atoms with van der Waals surface area (Å²) in [5.41, 5.74) is 2.09. The van der Waals surface area contributed by atoms with E-state index in [1.165, 1.54) is 5.69 Å². The number of benzene rings is 2. The van der Waals surface area contributed by atoms with Crippen molar-refractivity contribution < 1.29 is 0 Å². The number of hydrogen-bond acceptors (Lipinski definition) is 5. The van der Waals surface area contributed by atoms with Crippen molar-refractivity contribution in [3.63, 3.8) is 0 Å². The molecule has 4 rings (SSSR count). The molecule has 0 saturated carbocycles. The van der Waals surface area contributed by atoms with Crippen molar-refractivity contribution in [1.82, 2.24) is 25.1 Å². The predicted molar refractivity (Wildman–Crippen MR) is 116 cm³/mol. The van der Waals surface area contributed by atoms with Crippen LogP contribution in [0.4, 0.5) is 5.69 Å². The quantitative estimate of drug-likeness (QED) is 0.650. The zero-order valence-corrected chi connectivity index (χ0v) is 17.9. The number of rotatable bonds is 4. The maximum absolute atomic E-state index is 6.63. The van der Waals surface area contributed by atoms with Crippen LogP contribution in [0.1, 0.15) is 38.2 Å². The van der Waals surface area contributed by atoms with E-state index >= 15 is 0 Å². The second-order valence-electron chi connectivity index (χ2n) is 8.40. The number of halogens is 1. The van der Waals surface area contributed by atoms with Crippen LogP contribution in [-0.4, -0.2) is 51.3 Å². The SMILES string of the molecule is CC(C)(C)n1nnnc1[C@H](c1ccccc1Cl)N1CCN(c2ccccc2)CC1. The van der Waals surface area contributed by atoms with Crippen LogP contribution in [0, 0.1) is 0 Å². The van der Waals surface area contributed by atoms with Crippen LogP contribution in [0.5, 0.6) is 0 Å². The minimum absolute atomic E-state index is 0.0872. The van der Waals surface area contributed by atoms with Crippen molar-refractivity contribution in [1.29, 1.82) is 0 Å². The Labute approximate surface area is 177 Å². The van der Waals surface area contributed by atoms with Gasteiger partial charge in [0.15, 0.2) is 5.82 Å². The monoisotopic (exact) mass is 410 g/mol. The van der Waals surface area contributed by atoms with Crippen molar-refractivity contribution in [3.8, 4) is 0 Å². The first-order valence-corrected chi connectivity index (χ1v) is 10.4. The van der Waals surface area contributed by atoms with Crippen molar-refractivity contribution in [2.24, 2.45) is 0 Å². The molecule has 29 heavy (non-hydrogen) atoms. The zero-order valence-electron chi connectivity index (χ0n) is 17.2. The fraction of sp³-hybridized carbons (Fsp3) is 0.409. The first-order valence-electron chi connectivity index (χ1n) is 10.0. The average molecular weight is 411 g/mol. The molecule has 0 spiro atoms. The number of hydrogen-bond donors (Lipinski definition) is 0. The third kappa shape index (κ3) is 4.14. The molecule has 1 saturated heterocycles. The second-order valence-corrected chi connectivity index (χ2v) is 8.81. The van der Waals surface area contributed by atoms with E-state index in [1.54, 1.807) is 0 Å². The summed E-state index contributed by atoms with van der Waals surface area (Å²) < 4.78 is 1.92. The van der Waals surface area contributed by atoms with Crippen LogP contribution in [0.3, 0.4) is 0 Å². The van der Waals surface area contributed by atoms with Gasteiger partial charge < -0.3 is 4.90 Å². The van der Waals surface area contributed by atoms with E-state index < -0.39 is 0 Å². The Hall–Kier alpha value is -2.44. The molecule has 6 nitrogen and oxygen atoms in total. The number of aromatic nitrogens is 4. The average Bonchev–Trinajstić information content (AvgIpc) is 3.21. The van der Waals surface area contributed by atoms with Gasteiger partial charge in [-0.25, -0.2) is 4.68 Å². The molecular formula is C22H27ClN6. The Kier molecular flexibility index (Phi) is 5.56. The topological polar surface area (TPSA) is 50.1 Å². The molecular weight excluding hydrogens is 384 g/mol. The lowest BCUT2D eigenvalue weighted by Gasteiger charge is -2.40. The van der Waals surface area contributed by atoms with Crippen molar-refractivity contribution >= 4 is 17.3 Å². The third-order valence-electron chi connectivity index (χ3n) is 5.37. The van der Waals surface area contributed by atoms with Gasteiger partial charge in [0.2, 0.25) is 0 Å². The van der Waals surface area contributed by atoms with Crippen LogP contribution < -0.4 is 4.90 Å². The Morgan fingerprint density at radius 3 is 2.21 bits per heavy atom. The van der Waals surface area contributed by atoms with Crippen LogP contribution in [0.15, 0.2) is 54.6 Å². The molecule has 2 aromatic carbocycles. The van der Waals surface area contributed by atoms with Gasteiger partial charge in [0.05, 0.1) is 11.6 Å². The standard InChI is InChI=1S/C22H27ClN6/c1-22(2,3)29-21(24-25-26-29)20(18-11-7-8-12-19(18)23)28-15-13-27(14-16-28)17-9-5-4-6-10-17/h4-12,20H,13-16H2,1-3H3/t20-/m0/s1. The van der Waals surface area contributed by atoms with Gasteiger partial charge in [0, 0.05) is 36.9 Å². The summed E-state index contributed by atoms with van der Waals surface area (Å²) in [7, 11) is 0. The number of nitrogens with zero attached hydrogens (tertiary/aromatic N) is 6. The summed E-state index contributed by atoms with van der Waals surface area (Å²) >= 11 is 6.63. The lowest BCUT2D eigenvalue weighted by atomic mass is 10.0. The molecule has 0 bridgehead atoms. The van der Waals surface area contributed by atoms with Gasteiger partial charge in [-0.2, -0.15) is 0 Å². The van der Waals surface area contributed by atoms with E-state index in [2.05, 4.69) is 82.5 Å². The van der Waals surface area contributed by atoms with Gasteiger partial charge >= 0.3 is 0 Å². The summed E-state index contributed by atoms with van der Waals surface area (Å²) in [6.07, 6.45) is 0. The molecule has 1 aromatic heterocycles. The zero-order chi connectivity index (χ0) is 20.4. The van der Waals surface area contributed by atoms with Gasteiger partial charge in [-0.05, 0) is 55.0 Å². The van der Waals surface area contributed by atoms with Crippen LogP contribution in [0.2, 0.25) is 5.02 Å². The molecule has 1 aliphatic heterocycles. The largest absolute Gasteiger partial charge is 0.369 e. The molecule has 3 aromatic rings. The van der Waals surface area contributed by atoms with E-state index in [1.807, 2.05) is 22.9 Å². The van der Waals surface area contributed by atoms with E-state index in [4.69, 9.17) is 11.6 Å². The van der Waals surface area contributed by atoms with Gasteiger partial charge in [-0.1, -0.05) is 48.0 Å². The normalized spacial score (nSPS) is 16.8. The summed E-state index contributed by atoms with van der Waals surface area (Å²) in [6.45, 7) is 10.0. The van der Waals surface area contributed by atoms with E-state index in [0.29, 0.717) is 0 Å². The predicted octanol–water partition coefficient (Wildman–Crippen LogP) is 3.99. The Morgan fingerprint density at radius 2 is 1.55 bits per heavy atom. The first-order chi connectivity index (χ1) is 13.9. The van der Waals surface area contributed by atoms with Crippen LogP contribution in [0.25, 0.3) is 0 Å². The molecule has 1 aliphatic rings. The number of tetrazole rings is 1. The fourth-order valence-electron chi connectivity index (χ4n) is 3.92. The van der Waals surface area contributed by atoms with E-state index in [0.717, 1.165) is 42.6 Å². The Morgan fingerprint density at radius 1 is 0.897 bits per heavy atom. The lowest BCUT2D eigenvalue weighted by Crippen LogP contribution is -2.48. The highest BCUT2D eigenvalue weighted by molar-refractivity contribution is 6.31. The summed E-state index contributed by atoms with van der Waals surface area (Å²) in [6, 6.07) is 18.5. The highest BCUT2D eigenvalue weighted by Crippen LogP contribution is 2.34. The summed E-state index contributed by atoms with van der Waals surface area (Å²) in [4.78, 5) is 4.86. The van der Waals surface area contributed by atoms with Gasteiger partial charge in [0.1, 0.15) is 0 Å². The Balaban J connectivity index is 1.66. The molecule has 2 heterocycles. The van der Waals surface area contributed by atoms with Gasteiger partial charge in [0.25, 0.3) is 0 Å².